The number of alkyl halides is 1. The summed E-state index contributed by atoms with van der Waals surface area (Å²) in [6.45, 7) is 3.73. The molecule has 1 aromatic rings. The molecule has 0 aliphatic carbocycles. The van der Waals surface area contributed by atoms with Gasteiger partial charge in [-0.15, -0.1) is 11.6 Å². The Balaban J connectivity index is 2.06. The molecule has 0 bridgehead atoms. The molecule has 1 aromatic heterocycles. The van der Waals surface area contributed by atoms with Gasteiger partial charge in [-0.05, 0) is 38.7 Å². The molecule has 1 fully saturated rings. The zero-order valence-electron chi connectivity index (χ0n) is 10.9. The molecule has 1 saturated heterocycles. The lowest BCUT2D eigenvalue weighted by atomic mass is 10.1. The SMILES string of the molecule is CCOc1cccc(N2CCCC2CCCCl)n1. The van der Waals surface area contributed by atoms with Crippen molar-refractivity contribution in [1.82, 2.24) is 4.98 Å². The Kier molecular flexibility index (Phi) is 5.12. The van der Waals surface area contributed by atoms with Gasteiger partial charge in [0.2, 0.25) is 5.88 Å². The van der Waals surface area contributed by atoms with Crippen molar-refractivity contribution in [2.24, 2.45) is 0 Å². The summed E-state index contributed by atoms with van der Waals surface area (Å²) in [6.07, 6.45) is 4.73. The average molecular weight is 269 g/mol. The number of anilines is 1. The fourth-order valence-corrected chi connectivity index (χ4v) is 2.70. The van der Waals surface area contributed by atoms with Crippen LogP contribution in [0.3, 0.4) is 0 Å². The molecule has 0 saturated carbocycles. The van der Waals surface area contributed by atoms with Gasteiger partial charge in [-0.2, -0.15) is 4.98 Å². The first-order valence-corrected chi connectivity index (χ1v) is 7.31. The maximum absolute atomic E-state index is 5.79. The van der Waals surface area contributed by atoms with Crippen LogP contribution in [0.25, 0.3) is 0 Å². The molecule has 100 valence electrons. The largest absolute Gasteiger partial charge is 0.478 e. The number of hydrogen-bond acceptors (Lipinski definition) is 3. The summed E-state index contributed by atoms with van der Waals surface area (Å²) in [6, 6.07) is 6.59. The fraction of sp³-hybridized carbons (Fsp3) is 0.643. The van der Waals surface area contributed by atoms with Gasteiger partial charge in [0.15, 0.2) is 0 Å². The summed E-state index contributed by atoms with van der Waals surface area (Å²) in [5.74, 6) is 2.51. The van der Waals surface area contributed by atoms with Crippen LogP contribution >= 0.6 is 11.6 Å². The van der Waals surface area contributed by atoms with Crippen LogP contribution in [0.4, 0.5) is 5.82 Å². The monoisotopic (exact) mass is 268 g/mol. The van der Waals surface area contributed by atoms with E-state index >= 15 is 0 Å². The number of rotatable bonds is 6. The average Bonchev–Trinajstić information content (AvgIpc) is 2.85. The minimum absolute atomic E-state index is 0.591. The third-order valence-corrected chi connectivity index (χ3v) is 3.61. The van der Waals surface area contributed by atoms with E-state index in [0.717, 1.165) is 37.0 Å². The van der Waals surface area contributed by atoms with Gasteiger partial charge in [-0.3, -0.25) is 0 Å². The summed E-state index contributed by atoms with van der Waals surface area (Å²) in [7, 11) is 0. The number of hydrogen-bond donors (Lipinski definition) is 0. The van der Waals surface area contributed by atoms with Gasteiger partial charge in [0, 0.05) is 24.5 Å². The standard InChI is InChI=1S/C14H21ClN2O/c1-2-18-14-9-3-8-13(16-14)17-11-5-7-12(17)6-4-10-15/h3,8-9,12H,2,4-7,10-11H2,1H3. The highest BCUT2D eigenvalue weighted by Gasteiger charge is 2.25. The Morgan fingerprint density at radius 2 is 2.39 bits per heavy atom. The second kappa shape index (κ2) is 6.83. The predicted molar refractivity (Wildman–Crippen MR) is 75.7 cm³/mol. The summed E-state index contributed by atoms with van der Waals surface area (Å²) >= 11 is 5.79. The lowest BCUT2D eigenvalue weighted by Crippen LogP contribution is -2.30. The van der Waals surface area contributed by atoms with Crippen molar-refractivity contribution < 1.29 is 4.74 Å². The molecule has 0 aromatic carbocycles. The van der Waals surface area contributed by atoms with Gasteiger partial charge in [0.1, 0.15) is 5.82 Å². The van der Waals surface area contributed by atoms with E-state index < -0.39 is 0 Å². The lowest BCUT2D eigenvalue weighted by molar-refractivity contribution is 0.327. The Morgan fingerprint density at radius 3 is 3.17 bits per heavy atom. The van der Waals surface area contributed by atoms with Crippen molar-refractivity contribution in [1.29, 1.82) is 0 Å². The van der Waals surface area contributed by atoms with E-state index in [2.05, 4.69) is 16.0 Å². The molecular formula is C14H21ClN2O. The Morgan fingerprint density at radius 1 is 1.50 bits per heavy atom. The molecule has 0 spiro atoms. The van der Waals surface area contributed by atoms with Crippen LogP contribution in [0.1, 0.15) is 32.6 Å². The molecule has 1 aliphatic heterocycles. The first kappa shape index (κ1) is 13.5. The van der Waals surface area contributed by atoms with Gasteiger partial charge < -0.3 is 9.64 Å². The van der Waals surface area contributed by atoms with Crippen LogP contribution in [-0.4, -0.2) is 30.1 Å². The van der Waals surface area contributed by atoms with E-state index in [1.165, 1.54) is 12.8 Å². The smallest absolute Gasteiger partial charge is 0.215 e. The van der Waals surface area contributed by atoms with Crippen LogP contribution < -0.4 is 9.64 Å². The van der Waals surface area contributed by atoms with Gasteiger partial charge in [-0.1, -0.05) is 6.07 Å². The van der Waals surface area contributed by atoms with Crippen molar-refractivity contribution >= 4 is 17.4 Å². The van der Waals surface area contributed by atoms with Crippen LogP contribution in [0, 0.1) is 0 Å². The highest BCUT2D eigenvalue weighted by atomic mass is 35.5. The molecule has 4 heteroatoms. The van der Waals surface area contributed by atoms with E-state index in [9.17, 15) is 0 Å². The molecule has 0 N–H and O–H groups in total. The van der Waals surface area contributed by atoms with Gasteiger partial charge in [-0.25, -0.2) is 0 Å². The predicted octanol–water partition coefficient (Wildman–Crippen LogP) is 3.47. The van der Waals surface area contributed by atoms with Crippen LogP contribution in [0.2, 0.25) is 0 Å². The summed E-state index contributed by atoms with van der Waals surface area (Å²) in [4.78, 5) is 6.97. The summed E-state index contributed by atoms with van der Waals surface area (Å²) < 4.78 is 5.46. The van der Waals surface area contributed by atoms with E-state index in [0.29, 0.717) is 12.6 Å². The molecule has 1 unspecified atom stereocenters. The molecule has 2 rings (SSSR count). The maximum atomic E-state index is 5.79. The van der Waals surface area contributed by atoms with Crippen molar-refractivity contribution in [2.75, 3.05) is 23.9 Å². The number of aromatic nitrogens is 1. The quantitative estimate of drug-likeness (QED) is 0.739. The highest BCUT2D eigenvalue weighted by molar-refractivity contribution is 6.17. The van der Waals surface area contributed by atoms with Crippen LogP contribution in [0.15, 0.2) is 18.2 Å². The van der Waals surface area contributed by atoms with Crippen molar-refractivity contribution in [3.63, 3.8) is 0 Å². The Bertz CT molecular complexity index is 373. The summed E-state index contributed by atoms with van der Waals surface area (Å²) in [5, 5.41) is 0. The molecule has 2 heterocycles. The van der Waals surface area contributed by atoms with Gasteiger partial charge in [0.05, 0.1) is 6.61 Å². The van der Waals surface area contributed by atoms with Crippen molar-refractivity contribution in [3.8, 4) is 5.88 Å². The first-order valence-electron chi connectivity index (χ1n) is 6.77. The fourth-order valence-electron chi connectivity index (χ4n) is 2.54. The molecule has 0 radical (unpaired) electrons. The minimum Gasteiger partial charge on any atom is -0.478 e. The maximum Gasteiger partial charge on any atom is 0.215 e. The highest BCUT2D eigenvalue weighted by Crippen LogP contribution is 2.27. The van der Waals surface area contributed by atoms with E-state index in [1.54, 1.807) is 0 Å². The topological polar surface area (TPSA) is 25.4 Å². The molecule has 3 nitrogen and oxygen atoms in total. The molecule has 0 amide bonds. The number of pyridine rings is 1. The third kappa shape index (κ3) is 3.29. The molecule has 18 heavy (non-hydrogen) atoms. The second-order valence-corrected chi connectivity index (χ2v) is 4.97. The minimum atomic E-state index is 0.591. The number of nitrogens with zero attached hydrogens (tertiary/aromatic N) is 2. The summed E-state index contributed by atoms with van der Waals surface area (Å²) in [5.41, 5.74) is 0. The van der Waals surface area contributed by atoms with Crippen molar-refractivity contribution in [3.05, 3.63) is 18.2 Å². The normalized spacial score (nSPS) is 19.2. The Hall–Kier alpha value is -0.960. The second-order valence-electron chi connectivity index (χ2n) is 4.59. The molecular weight excluding hydrogens is 248 g/mol. The van der Waals surface area contributed by atoms with Gasteiger partial charge in [0.25, 0.3) is 0 Å². The van der Waals surface area contributed by atoms with E-state index in [1.807, 2.05) is 19.1 Å². The number of halogens is 1. The van der Waals surface area contributed by atoms with E-state index in [-0.39, 0.29) is 0 Å². The number of ether oxygens (including phenoxy) is 1. The third-order valence-electron chi connectivity index (χ3n) is 3.34. The van der Waals surface area contributed by atoms with E-state index in [4.69, 9.17) is 16.3 Å². The lowest BCUT2D eigenvalue weighted by Gasteiger charge is -2.25. The molecule has 1 aliphatic rings. The van der Waals surface area contributed by atoms with Crippen LogP contribution in [0.5, 0.6) is 5.88 Å². The van der Waals surface area contributed by atoms with Crippen molar-refractivity contribution in [2.45, 2.75) is 38.6 Å². The zero-order chi connectivity index (χ0) is 12.8. The Labute approximate surface area is 114 Å². The van der Waals surface area contributed by atoms with Gasteiger partial charge >= 0.3 is 0 Å². The zero-order valence-corrected chi connectivity index (χ0v) is 11.7. The van der Waals surface area contributed by atoms with Crippen LogP contribution in [-0.2, 0) is 0 Å². The first-order chi connectivity index (χ1) is 8.85. The molecule has 1 atom stereocenters.